The van der Waals surface area contributed by atoms with E-state index in [1.165, 1.54) is 6.07 Å². The van der Waals surface area contributed by atoms with Gasteiger partial charge in [-0.1, -0.05) is 18.0 Å². The molecule has 1 aliphatic carbocycles. The Morgan fingerprint density at radius 3 is 2.57 bits per heavy atom. The summed E-state index contributed by atoms with van der Waals surface area (Å²) in [5.74, 6) is -1.45. The first kappa shape index (κ1) is 17.5. The molecule has 2 atom stereocenters. The summed E-state index contributed by atoms with van der Waals surface area (Å²) in [5.41, 5.74) is 0. The van der Waals surface area contributed by atoms with E-state index >= 15 is 0 Å². The van der Waals surface area contributed by atoms with E-state index in [4.69, 9.17) is 11.6 Å². The SMILES string of the molecule is O=S(=O)(NC1CCCC(C(F)(F)F)C1)c1cc(Cl)c(Br)s1. The zero-order valence-corrected chi connectivity index (χ0v) is 14.6. The highest BCUT2D eigenvalue weighted by molar-refractivity contribution is 9.11. The van der Waals surface area contributed by atoms with Gasteiger partial charge < -0.3 is 0 Å². The second kappa shape index (κ2) is 6.35. The molecule has 1 aromatic heterocycles. The van der Waals surface area contributed by atoms with Gasteiger partial charge in [0.2, 0.25) is 10.0 Å². The van der Waals surface area contributed by atoms with Gasteiger partial charge in [-0.2, -0.15) is 13.2 Å². The Morgan fingerprint density at radius 2 is 2.05 bits per heavy atom. The van der Waals surface area contributed by atoms with E-state index in [1.54, 1.807) is 0 Å². The molecule has 1 heterocycles. The Kier molecular flexibility index (Phi) is 5.30. The Labute approximate surface area is 138 Å². The summed E-state index contributed by atoms with van der Waals surface area (Å²) in [6.07, 6.45) is -3.68. The fourth-order valence-corrected chi connectivity index (χ4v) is 6.03. The van der Waals surface area contributed by atoms with Crippen LogP contribution < -0.4 is 4.72 Å². The Bertz CT molecular complexity index is 598. The predicted molar refractivity (Wildman–Crippen MR) is 79.2 cm³/mol. The van der Waals surface area contributed by atoms with E-state index in [0.717, 1.165) is 11.3 Å². The average Bonchev–Trinajstić information content (AvgIpc) is 2.69. The van der Waals surface area contributed by atoms with Crippen molar-refractivity contribution in [3.8, 4) is 0 Å². The molecule has 0 aliphatic heterocycles. The summed E-state index contributed by atoms with van der Waals surface area (Å²) < 4.78 is 65.3. The molecule has 0 bridgehead atoms. The van der Waals surface area contributed by atoms with Crippen LogP contribution in [0.15, 0.2) is 14.1 Å². The van der Waals surface area contributed by atoms with Gasteiger partial charge in [-0.25, -0.2) is 13.1 Å². The Balaban J connectivity index is 2.10. The second-order valence-corrected chi connectivity index (χ2v) is 9.63. The molecule has 0 radical (unpaired) electrons. The molecular weight excluding hydrogens is 415 g/mol. The van der Waals surface area contributed by atoms with Crippen LogP contribution in [0.4, 0.5) is 13.2 Å². The maximum absolute atomic E-state index is 12.7. The minimum atomic E-state index is -4.28. The van der Waals surface area contributed by atoms with Crippen LogP contribution in [0.1, 0.15) is 25.7 Å². The number of alkyl halides is 3. The number of thiophene rings is 1. The average molecular weight is 427 g/mol. The van der Waals surface area contributed by atoms with Gasteiger partial charge in [0.1, 0.15) is 4.21 Å². The molecular formula is C11H12BrClF3NO2S2. The van der Waals surface area contributed by atoms with Crippen LogP contribution in [0.2, 0.25) is 5.02 Å². The standard InChI is InChI=1S/C11H12BrClF3NO2S2/c12-10-8(13)5-9(20-10)21(18,19)17-7-3-1-2-6(4-7)11(14,15)16/h5-7,17H,1-4H2. The summed E-state index contributed by atoms with van der Waals surface area (Å²) in [6, 6.07) is 0.581. The van der Waals surface area contributed by atoms with E-state index in [-0.39, 0.29) is 22.1 Å². The molecule has 1 saturated carbocycles. The van der Waals surface area contributed by atoms with Crippen molar-refractivity contribution in [2.45, 2.75) is 42.1 Å². The molecule has 1 aromatic rings. The monoisotopic (exact) mass is 425 g/mol. The van der Waals surface area contributed by atoms with Crippen molar-refractivity contribution >= 4 is 48.9 Å². The zero-order valence-electron chi connectivity index (χ0n) is 10.6. The summed E-state index contributed by atoms with van der Waals surface area (Å²) >= 11 is 9.83. The van der Waals surface area contributed by atoms with Gasteiger partial charge in [0, 0.05) is 6.04 Å². The number of nitrogens with one attached hydrogen (secondary N) is 1. The van der Waals surface area contributed by atoms with Crippen molar-refractivity contribution < 1.29 is 21.6 Å². The first-order valence-electron chi connectivity index (χ1n) is 6.13. The molecule has 1 aliphatic rings. The van der Waals surface area contributed by atoms with E-state index in [0.29, 0.717) is 16.6 Å². The molecule has 0 amide bonds. The van der Waals surface area contributed by atoms with Crippen molar-refractivity contribution in [2.75, 3.05) is 0 Å². The second-order valence-electron chi connectivity index (χ2n) is 4.91. The number of halogens is 5. The Hall–Kier alpha value is 0.170. The minimum Gasteiger partial charge on any atom is -0.207 e. The topological polar surface area (TPSA) is 46.2 Å². The lowest BCUT2D eigenvalue weighted by Gasteiger charge is -2.30. The number of rotatable bonds is 3. The first-order valence-corrected chi connectivity index (χ1v) is 9.60. The van der Waals surface area contributed by atoms with Crippen molar-refractivity contribution in [3.05, 3.63) is 14.9 Å². The summed E-state index contributed by atoms with van der Waals surface area (Å²) in [5, 5.41) is 0.261. The van der Waals surface area contributed by atoms with E-state index in [9.17, 15) is 21.6 Å². The van der Waals surface area contributed by atoms with Crippen LogP contribution in [0.3, 0.4) is 0 Å². The molecule has 0 spiro atoms. The predicted octanol–water partition coefficient (Wildman–Crippen LogP) is 4.56. The fraction of sp³-hybridized carbons (Fsp3) is 0.636. The maximum Gasteiger partial charge on any atom is 0.391 e. The zero-order chi connectivity index (χ0) is 15.8. The van der Waals surface area contributed by atoms with Crippen LogP contribution in [0, 0.1) is 5.92 Å². The van der Waals surface area contributed by atoms with Gasteiger partial charge in [0.05, 0.1) is 14.7 Å². The molecule has 10 heteroatoms. The van der Waals surface area contributed by atoms with E-state index < -0.39 is 28.2 Å². The fourth-order valence-electron chi connectivity index (χ4n) is 2.33. The molecule has 1 N–H and O–H groups in total. The molecule has 21 heavy (non-hydrogen) atoms. The molecule has 1 fully saturated rings. The van der Waals surface area contributed by atoms with Crippen LogP contribution in [0.25, 0.3) is 0 Å². The lowest BCUT2D eigenvalue weighted by molar-refractivity contribution is -0.183. The summed E-state index contributed by atoms with van der Waals surface area (Å²) in [6.45, 7) is 0. The highest BCUT2D eigenvalue weighted by Gasteiger charge is 2.42. The van der Waals surface area contributed by atoms with Gasteiger partial charge in [-0.15, -0.1) is 11.3 Å². The van der Waals surface area contributed by atoms with E-state index in [2.05, 4.69) is 20.7 Å². The molecule has 0 saturated heterocycles. The Morgan fingerprint density at radius 1 is 1.38 bits per heavy atom. The molecule has 2 unspecified atom stereocenters. The maximum atomic E-state index is 12.7. The van der Waals surface area contributed by atoms with Gasteiger partial charge in [0.25, 0.3) is 0 Å². The van der Waals surface area contributed by atoms with Crippen molar-refractivity contribution in [3.63, 3.8) is 0 Å². The number of hydrogen-bond acceptors (Lipinski definition) is 3. The highest BCUT2D eigenvalue weighted by Crippen LogP contribution is 2.39. The van der Waals surface area contributed by atoms with Crippen LogP contribution >= 0.6 is 38.9 Å². The van der Waals surface area contributed by atoms with Crippen molar-refractivity contribution in [1.82, 2.24) is 4.72 Å². The van der Waals surface area contributed by atoms with E-state index in [1.807, 2.05) is 0 Å². The highest BCUT2D eigenvalue weighted by atomic mass is 79.9. The molecule has 120 valence electrons. The molecule has 2 rings (SSSR count). The third-order valence-electron chi connectivity index (χ3n) is 3.35. The quantitative estimate of drug-likeness (QED) is 0.770. The van der Waals surface area contributed by atoms with Gasteiger partial charge >= 0.3 is 6.18 Å². The van der Waals surface area contributed by atoms with Gasteiger partial charge in [-0.05, 0) is 41.3 Å². The normalized spacial score (nSPS) is 24.2. The van der Waals surface area contributed by atoms with Crippen molar-refractivity contribution in [2.24, 2.45) is 5.92 Å². The minimum absolute atomic E-state index is 0.00601. The summed E-state index contributed by atoms with van der Waals surface area (Å²) in [4.78, 5) is 0. The van der Waals surface area contributed by atoms with Crippen LogP contribution in [0.5, 0.6) is 0 Å². The lowest BCUT2D eigenvalue weighted by atomic mass is 9.86. The number of hydrogen-bond donors (Lipinski definition) is 1. The lowest BCUT2D eigenvalue weighted by Crippen LogP contribution is -2.41. The molecule has 3 nitrogen and oxygen atoms in total. The molecule has 0 aromatic carbocycles. The smallest absolute Gasteiger partial charge is 0.207 e. The van der Waals surface area contributed by atoms with Crippen LogP contribution in [-0.4, -0.2) is 20.6 Å². The largest absolute Gasteiger partial charge is 0.391 e. The van der Waals surface area contributed by atoms with Crippen molar-refractivity contribution in [1.29, 1.82) is 0 Å². The first-order chi connectivity index (χ1) is 9.59. The third kappa shape index (κ3) is 4.34. The third-order valence-corrected chi connectivity index (χ3v) is 7.82. The van der Waals surface area contributed by atoms with Crippen LogP contribution in [-0.2, 0) is 10.0 Å². The van der Waals surface area contributed by atoms with Gasteiger partial charge in [0.15, 0.2) is 0 Å². The van der Waals surface area contributed by atoms with Gasteiger partial charge in [-0.3, -0.25) is 0 Å². The number of sulfonamides is 1. The summed E-state index contributed by atoms with van der Waals surface area (Å²) in [7, 11) is -3.84.